The molecule has 2 aromatic carbocycles. The Bertz CT molecular complexity index is 684. The van der Waals surface area contributed by atoms with Crippen LogP contribution in [0.2, 0.25) is 0 Å². The summed E-state index contributed by atoms with van der Waals surface area (Å²) in [6.07, 6.45) is 7.59. The van der Waals surface area contributed by atoms with Crippen molar-refractivity contribution < 1.29 is 9.47 Å². The molecule has 0 aromatic heterocycles. The molecule has 0 amide bonds. The Morgan fingerprint density at radius 2 is 1.62 bits per heavy atom. The van der Waals surface area contributed by atoms with E-state index in [1.807, 2.05) is 0 Å². The van der Waals surface area contributed by atoms with E-state index >= 15 is 0 Å². The molecule has 2 heteroatoms. The fourth-order valence-corrected chi connectivity index (χ4v) is 3.75. The average Bonchev–Trinajstić information content (AvgIpc) is 2.66. The summed E-state index contributed by atoms with van der Waals surface area (Å²) in [6.45, 7) is 0.819. The van der Waals surface area contributed by atoms with Gasteiger partial charge in [0.2, 0.25) is 0 Å². The third-order valence-electron chi connectivity index (χ3n) is 5.04. The van der Waals surface area contributed by atoms with E-state index in [2.05, 4.69) is 66.7 Å². The lowest BCUT2D eigenvalue weighted by atomic mass is 9.87. The van der Waals surface area contributed by atoms with Crippen LogP contribution < -0.4 is 0 Å². The molecule has 0 unspecified atom stereocenters. The summed E-state index contributed by atoms with van der Waals surface area (Å²) in [5.41, 5.74) is 3.79. The molecule has 2 fully saturated rings. The van der Waals surface area contributed by atoms with Gasteiger partial charge >= 0.3 is 0 Å². The lowest BCUT2D eigenvalue weighted by Gasteiger charge is -2.44. The maximum Gasteiger partial charge on any atom is 0.169 e. The zero-order chi connectivity index (χ0) is 16.2. The molecule has 0 bridgehead atoms. The van der Waals surface area contributed by atoms with Crippen molar-refractivity contribution in [2.24, 2.45) is 0 Å². The van der Waals surface area contributed by atoms with Crippen LogP contribution in [0.1, 0.15) is 49.3 Å². The molecule has 2 heterocycles. The number of rotatable bonds is 2. The summed E-state index contributed by atoms with van der Waals surface area (Å²) in [5, 5.41) is 0. The van der Waals surface area contributed by atoms with Gasteiger partial charge in [0.1, 0.15) is 6.10 Å². The molecular weight excluding hydrogens is 296 g/mol. The van der Waals surface area contributed by atoms with Gasteiger partial charge in [0.05, 0.1) is 6.61 Å². The Hall–Kier alpha value is -1.90. The van der Waals surface area contributed by atoms with Crippen molar-refractivity contribution in [1.82, 2.24) is 0 Å². The Morgan fingerprint density at radius 1 is 0.875 bits per heavy atom. The van der Waals surface area contributed by atoms with E-state index in [1.54, 1.807) is 0 Å². The molecule has 2 aliphatic heterocycles. The van der Waals surface area contributed by atoms with Gasteiger partial charge < -0.3 is 9.47 Å². The van der Waals surface area contributed by atoms with Crippen molar-refractivity contribution in [2.45, 2.75) is 44.0 Å². The Kier molecular flexibility index (Phi) is 4.50. The monoisotopic (exact) mass is 320 g/mol. The lowest BCUT2D eigenvalue weighted by molar-refractivity contribution is -0.285. The van der Waals surface area contributed by atoms with Gasteiger partial charge in [0, 0.05) is 12.8 Å². The second-order valence-electron chi connectivity index (χ2n) is 6.75. The molecule has 2 nitrogen and oxygen atoms in total. The maximum absolute atomic E-state index is 6.60. The van der Waals surface area contributed by atoms with Crippen molar-refractivity contribution >= 4 is 6.08 Å². The molecule has 1 spiro atoms. The van der Waals surface area contributed by atoms with Crippen molar-refractivity contribution in [3.05, 3.63) is 77.4 Å². The van der Waals surface area contributed by atoms with Gasteiger partial charge in [0.15, 0.2) is 5.79 Å². The smallest absolute Gasteiger partial charge is 0.169 e. The van der Waals surface area contributed by atoms with Crippen LogP contribution in [0.4, 0.5) is 0 Å². The molecule has 2 atom stereocenters. The fourth-order valence-electron chi connectivity index (χ4n) is 3.75. The highest BCUT2D eigenvalue weighted by molar-refractivity contribution is 5.55. The van der Waals surface area contributed by atoms with Crippen molar-refractivity contribution in [3.63, 3.8) is 0 Å². The van der Waals surface area contributed by atoms with Gasteiger partial charge in [-0.05, 0) is 36.0 Å². The number of ether oxygens (including phenoxy) is 2. The van der Waals surface area contributed by atoms with Crippen LogP contribution in [0.25, 0.3) is 6.08 Å². The van der Waals surface area contributed by atoms with Crippen LogP contribution in [0.5, 0.6) is 0 Å². The topological polar surface area (TPSA) is 18.5 Å². The molecule has 0 aliphatic carbocycles. The van der Waals surface area contributed by atoms with E-state index in [4.69, 9.17) is 9.47 Å². The molecule has 124 valence electrons. The van der Waals surface area contributed by atoms with Crippen molar-refractivity contribution in [3.8, 4) is 0 Å². The Balaban J connectivity index is 1.67. The van der Waals surface area contributed by atoms with Crippen LogP contribution >= 0.6 is 0 Å². The van der Waals surface area contributed by atoms with Gasteiger partial charge in [-0.15, -0.1) is 0 Å². The van der Waals surface area contributed by atoms with E-state index in [-0.39, 0.29) is 11.9 Å². The van der Waals surface area contributed by atoms with Crippen LogP contribution in [-0.2, 0) is 9.47 Å². The molecule has 0 saturated carbocycles. The summed E-state index contributed by atoms with van der Waals surface area (Å²) in [7, 11) is 0. The number of hydrogen-bond acceptors (Lipinski definition) is 2. The largest absolute Gasteiger partial charge is 0.350 e. The maximum atomic E-state index is 6.60. The quantitative estimate of drug-likeness (QED) is 0.725. The minimum absolute atomic E-state index is 0.0155. The molecular formula is C22H24O2. The molecule has 2 aliphatic rings. The van der Waals surface area contributed by atoms with Crippen LogP contribution in [0.3, 0.4) is 0 Å². The average molecular weight is 320 g/mol. The summed E-state index contributed by atoms with van der Waals surface area (Å²) in [6, 6.07) is 21.1. The third kappa shape index (κ3) is 3.31. The highest BCUT2D eigenvalue weighted by atomic mass is 16.7. The van der Waals surface area contributed by atoms with Gasteiger partial charge in [-0.1, -0.05) is 66.7 Å². The molecule has 2 saturated heterocycles. The molecule has 0 N–H and O–H groups in total. The zero-order valence-corrected chi connectivity index (χ0v) is 14.0. The molecule has 0 radical (unpaired) electrons. The molecule has 2 aromatic rings. The summed E-state index contributed by atoms with van der Waals surface area (Å²) >= 11 is 0. The first-order valence-corrected chi connectivity index (χ1v) is 8.97. The van der Waals surface area contributed by atoms with E-state index in [0.717, 1.165) is 32.3 Å². The second kappa shape index (κ2) is 6.92. The highest BCUT2D eigenvalue weighted by Gasteiger charge is 2.41. The summed E-state index contributed by atoms with van der Waals surface area (Å²) in [5.74, 6) is -0.382. The van der Waals surface area contributed by atoms with Gasteiger partial charge in [0.25, 0.3) is 0 Å². The first-order valence-electron chi connectivity index (χ1n) is 8.97. The minimum Gasteiger partial charge on any atom is -0.350 e. The normalized spacial score (nSPS) is 29.0. The lowest BCUT2D eigenvalue weighted by Crippen LogP contribution is -2.43. The van der Waals surface area contributed by atoms with E-state index in [1.165, 1.54) is 23.1 Å². The number of hydrogen-bond donors (Lipinski definition) is 0. The van der Waals surface area contributed by atoms with Gasteiger partial charge in [-0.25, -0.2) is 0 Å². The predicted molar refractivity (Wildman–Crippen MR) is 96.5 cm³/mol. The molecule has 24 heavy (non-hydrogen) atoms. The summed E-state index contributed by atoms with van der Waals surface area (Å²) in [4.78, 5) is 0. The Morgan fingerprint density at radius 3 is 2.33 bits per heavy atom. The highest BCUT2D eigenvalue weighted by Crippen LogP contribution is 2.45. The van der Waals surface area contributed by atoms with Crippen LogP contribution in [0.15, 0.2) is 66.2 Å². The first kappa shape index (κ1) is 15.6. The second-order valence-corrected chi connectivity index (χ2v) is 6.75. The van der Waals surface area contributed by atoms with Crippen molar-refractivity contribution in [2.75, 3.05) is 6.61 Å². The van der Waals surface area contributed by atoms with Crippen LogP contribution in [0, 0.1) is 0 Å². The van der Waals surface area contributed by atoms with E-state index in [0.29, 0.717) is 0 Å². The van der Waals surface area contributed by atoms with Gasteiger partial charge in [-0.3, -0.25) is 0 Å². The standard InChI is InChI=1S/C22H24O2/c1-3-9-18(10-4-1)17-20-13-15-22(14-7-8-16-23-22)24-21(20)19-11-5-2-6-12-19/h1-6,9-12,17,21H,7-8,13-16H2/b20-17+/t21-,22+/m1/s1. The zero-order valence-electron chi connectivity index (χ0n) is 14.0. The van der Waals surface area contributed by atoms with Gasteiger partial charge in [-0.2, -0.15) is 0 Å². The Labute approximate surface area is 144 Å². The van der Waals surface area contributed by atoms with Crippen LogP contribution in [-0.4, -0.2) is 12.4 Å². The van der Waals surface area contributed by atoms with E-state index < -0.39 is 0 Å². The summed E-state index contributed by atoms with van der Waals surface area (Å²) < 4.78 is 12.7. The molecule has 4 rings (SSSR count). The first-order chi connectivity index (χ1) is 11.8. The third-order valence-corrected chi connectivity index (χ3v) is 5.04. The minimum atomic E-state index is -0.382. The van der Waals surface area contributed by atoms with Crippen molar-refractivity contribution in [1.29, 1.82) is 0 Å². The SMILES string of the molecule is C(=C1/CC[C@]2(CCCCO2)O[C@@H]1c1ccccc1)/c1ccccc1. The van der Waals surface area contributed by atoms with E-state index in [9.17, 15) is 0 Å². The fraction of sp³-hybridized carbons (Fsp3) is 0.364. The number of benzene rings is 2. The predicted octanol–water partition coefficient (Wildman–Crippen LogP) is 5.52.